The van der Waals surface area contributed by atoms with Crippen molar-refractivity contribution in [2.75, 3.05) is 11.1 Å². The first-order chi connectivity index (χ1) is 16.2. The Bertz CT molecular complexity index is 1260. The number of fused-ring (bicyclic) bond motifs is 1. The number of aryl methyl sites for hydroxylation is 2. The second-order valence-electron chi connectivity index (χ2n) is 8.14. The van der Waals surface area contributed by atoms with Crippen LogP contribution in [-0.2, 0) is 17.8 Å². The average Bonchev–Trinajstić information content (AvgIpc) is 3.39. The third kappa shape index (κ3) is 4.83. The summed E-state index contributed by atoms with van der Waals surface area (Å²) in [6.45, 7) is 2.98. The molecule has 2 aromatic carbocycles. The van der Waals surface area contributed by atoms with Crippen LogP contribution in [0.2, 0.25) is 0 Å². The number of benzene rings is 2. The van der Waals surface area contributed by atoms with Gasteiger partial charge >= 0.3 is 0 Å². The van der Waals surface area contributed by atoms with Gasteiger partial charge in [0.25, 0.3) is 0 Å². The summed E-state index contributed by atoms with van der Waals surface area (Å²) in [6, 6.07) is 15.9. The van der Waals surface area contributed by atoms with E-state index in [1.165, 1.54) is 23.7 Å². The number of hydrogen-bond acceptors (Lipinski definition) is 6. The number of aromatic nitrogens is 6. The molecule has 1 N–H and O–H groups in total. The SMILES string of the molecule is Cc1ccc(-n2cnnc2SCC(=O)Nc2cccc(-c3nnc4n3CCCCC4)c2)cc1. The molecule has 33 heavy (non-hydrogen) atoms. The molecule has 0 radical (unpaired) electrons. The summed E-state index contributed by atoms with van der Waals surface area (Å²) >= 11 is 1.35. The summed E-state index contributed by atoms with van der Waals surface area (Å²) in [7, 11) is 0. The summed E-state index contributed by atoms with van der Waals surface area (Å²) in [6.07, 6.45) is 6.14. The molecule has 4 aromatic rings. The van der Waals surface area contributed by atoms with Gasteiger partial charge in [0.15, 0.2) is 11.0 Å². The van der Waals surface area contributed by atoms with E-state index in [-0.39, 0.29) is 11.7 Å². The highest BCUT2D eigenvalue weighted by Crippen LogP contribution is 2.25. The third-order valence-electron chi connectivity index (χ3n) is 5.68. The van der Waals surface area contributed by atoms with Crippen molar-refractivity contribution in [1.29, 1.82) is 0 Å². The minimum atomic E-state index is -0.101. The van der Waals surface area contributed by atoms with Crippen molar-refractivity contribution in [2.24, 2.45) is 0 Å². The van der Waals surface area contributed by atoms with E-state index >= 15 is 0 Å². The van der Waals surface area contributed by atoms with E-state index in [1.807, 2.05) is 60.0 Å². The first-order valence-corrected chi connectivity index (χ1v) is 12.1. The van der Waals surface area contributed by atoms with Crippen LogP contribution >= 0.6 is 11.8 Å². The normalized spacial score (nSPS) is 13.4. The van der Waals surface area contributed by atoms with Crippen LogP contribution in [0.15, 0.2) is 60.0 Å². The van der Waals surface area contributed by atoms with Crippen LogP contribution in [0.4, 0.5) is 5.69 Å². The van der Waals surface area contributed by atoms with Gasteiger partial charge in [-0.05, 0) is 44.0 Å². The fraction of sp³-hybridized carbons (Fsp3) is 0.292. The molecule has 168 valence electrons. The zero-order valence-electron chi connectivity index (χ0n) is 18.4. The van der Waals surface area contributed by atoms with Crippen molar-refractivity contribution in [3.8, 4) is 17.1 Å². The lowest BCUT2D eigenvalue weighted by molar-refractivity contribution is -0.113. The molecular weight excluding hydrogens is 434 g/mol. The second-order valence-corrected chi connectivity index (χ2v) is 9.08. The smallest absolute Gasteiger partial charge is 0.234 e. The third-order valence-corrected chi connectivity index (χ3v) is 6.62. The fourth-order valence-corrected chi connectivity index (χ4v) is 4.70. The molecule has 1 aliphatic heterocycles. The van der Waals surface area contributed by atoms with Gasteiger partial charge in [0, 0.05) is 29.9 Å². The maximum absolute atomic E-state index is 12.7. The molecular formula is C24H25N7OS. The maximum atomic E-state index is 12.7. The second kappa shape index (κ2) is 9.58. The molecule has 0 saturated carbocycles. The molecule has 0 unspecified atom stereocenters. The molecule has 1 aliphatic rings. The monoisotopic (exact) mass is 459 g/mol. The van der Waals surface area contributed by atoms with Crippen LogP contribution in [0.1, 0.15) is 30.7 Å². The Labute approximate surface area is 196 Å². The molecule has 2 aromatic heterocycles. The molecule has 0 atom stereocenters. The predicted molar refractivity (Wildman–Crippen MR) is 128 cm³/mol. The van der Waals surface area contributed by atoms with Gasteiger partial charge < -0.3 is 9.88 Å². The molecule has 9 heteroatoms. The largest absolute Gasteiger partial charge is 0.325 e. The van der Waals surface area contributed by atoms with Crippen molar-refractivity contribution in [3.05, 3.63) is 66.2 Å². The Hall–Kier alpha value is -3.46. The summed E-state index contributed by atoms with van der Waals surface area (Å²) in [5, 5.41) is 20.7. The summed E-state index contributed by atoms with van der Waals surface area (Å²) < 4.78 is 4.09. The van der Waals surface area contributed by atoms with Gasteiger partial charge in [0.05, 0.1) is 5.75 Å². The number of amides is 1. The topological polar surface area (TPSA) is 90.5 Å². The summed E-state index contributed by atoms with van der Waals surface area (Å²) in [4.78, 5) is 12.7. The average molecular weight is 460 g/mol. The molecule has 0 saturated heterocycles. The Morgan fingerprint density at radius 1 is 1.06 bits per heavy atom. The number of carbonyl (C=O) groups is 1. The van der Waals surface area contributed by atoms with E-state index in [0.29, 0.717) is 5.16 Å². The van der Waals surface area contributed by atoms with E-state index < -0.39 is 0 Å². The van der Waals surface area contributed by atoms with E-state index in [9.17, 15) is 4.79 Å². The van der Waals surface area contributed by atoms with E-state index in [2.05, 4.69) is 30.3 Å². The number of carbonyl (C=O) groups excluding carboxylic acids is 1. The maximum Gasteiger partial charge on any atom is 0.234 e. The van der Waals surface area contributed by atoms with Gasteiger partial charge in [0.2, 0.25) is 5.91 Å². The molecule has 1 amide bonds. The van der Waals surface area contributed by atoms with Crippen LogP contribution in [0.5, 0.6) is 0 Å². The molecule has 3 heterocycles. The minimum Gasteiger partial charge on any atom is -0.325 e. The molecule has 0 spiro atoms. The van der Waals surface area contributed by atoms with E-state index in [1.54, 1.807) is 6.33 Å². The molecule has 5 rings (SSSR count). The highest BCUT2D eigenvalue weighted by atomic mass is 32.2. The highest BCUT2D eigenvalue weighted by molar-refractivity contribution is 7.99. The Balaban J connectivity index is 1.25. The van der Waals surface area contributed by atoms with Gasteiger partial charge in [-0.2, -0.15) is 0 Å². The zero-order chi connectivity index (χ0) is 22.6. The van der Waals surface area contributed by atoms with Crippen molar-refractivity contribution >= 4 is 23.4 Å². The van der Waals surface area contributed by atoms with E-state index in [4.69, 9.17) is 0 Å². The Kier molecular flexibility index (Phi) is 6.21. The highest BCUT2D eigenvalue weighted by Gasteiger charge is 2.17. The number of nitrogens with zero attached hydrogens (tertiary/aromatic N) is 6. The Morgan fingerprint density at radius 2 is 1.94 bits per heavy atom. The lowest BCUT2D eigenvalue weighted by Gasteiger charge is -2.10. The number of anilines is 1. The van der Waals surface area contributed by atoms with E-state index in [0.717, 1.165) is 54.4 Å². The molecule has 8 nitrogen and oxygen atoms in total. The molecule has 0 bridgehead atoms. The number of thioether (sulfide) groups is 1. The minimum absolute atomic E-state index is 0.101. The number of rotatable bonds is 6. The van der Waals surface area contributed by atoms with Gasteiger partial charge in [-0.1, -0.05) is 48.0 Å². The van der Waals surface area contributed by atoms with Crippen LogP contribution in [0.25, 0.3) is 17.1 Å². The van der Waals surface area contributed by atoms with Crippen LogP contribution in [0.3, 0.4) is 0 Å². The van der Waals surface area contributed by atoms with Gasteiger partial charge in [-0.15, -0.1) is 20.4 Å². The Morgan fingerprint density at radius 3 is 2.82 bits per heavy atom. The zero-order valence-corrected chi connectivity index (χ0v) is 19.3. The number of nitrogens with one attached hydrogen (secondary N) is 1. The van der Waals surface area contributed by atoms with Crippen LogP contribution < -0.4 is 5.32 Å². The first kappa shape index (κ1) is 21.4. The van der Waals surface area contributed by atoms with Crippen molar-refractivity contribution in [1.82, 2.24) is 29.5 Å². The number of hydrogen-bond donors (Lipinski definition) is 1. The van der Waals surface area contributed by atoms with Gasteiger partial charge in [0.1, 0.15) is 12.2 Å². The van der Waals surface area contributed by atoms with Gasteiger partial charge in [-0.3, -0.25) is 9.36 Å². The molecule has 0 aliphatic carbocycles. The summed E-state index contributed by atoms with van der Waals surface area (Å²) in [5.41, 5.74) is 3.85. The fourth-order valence-electron chi connectivity index (χ4n) is 3.97. The standard InChI is InChI=1S/C24H25N7OS/c1-17-9-11-20(12-10-17)31-16-25-29-24(31)33-15-22(32)26-19-7-5-6-18(14-19)23-28-27-21-8-3-2-4-13-30(21)23/h5-7,9-12,14,16H,2-4,8,13,15H2,1H3,(H,26,32). The quantitative estimate of drug-likeness (QED) is 0.433. The lowest BCUT2D eigenvalue weighted by atomic mass is 10.2. The van der Waals surface area contributed by atoms with Crippen molar-refractivity contribution in [2.45, 2.75) is 44.3 Å². The molecule has 0 fully saturated rings. The van der Waals surface area contributed by atoms with Crippen LogP contribution in [0, 0.1) is 6.92 Å². The summed E-state index contributed by atoms with van der Waals surface area (Å²) in [5.74, 6) is 2.04. The van der Waals surface area contributed by atoms with Crippen molar-refractivity contribution in [3.63, 3.8) is 0 Å². The lowest BCUT2D eigenvalue weighted by Crippen LogP contribution is -2.14. The van der Waals surface area contributed by atoms with Crippen molar-refractivity contribution < 1.29 is 4.79 Å². The van der Waals surface area contributed by atoms with Gasteiger partial charge in [-0.25, -0.2) is 0 Å². The first-order valence-electron chi connectivity index (χ1n) is 11.1. The van der Waals surface area contributed by atoms with Crippen LogP contribution in [-0.4, -0.2) is 41.2 Å². The predicted octanol–water partition coefficient (Wildman–Crippen LogP) is 4.29.